The third kappa shape index (κ3) is 2.25. The van der Waals surface area contributed by atoms with Gasteiger partial charge in [-0.25, -0.2) is 0 Å². The lowest BCUT2D eigenvalue weighted by Gasteiger charge is -2.13. The second kappa shape index (κ2) is 4.99. The molecule has 0 amide bonds. The summed E-state index contributed by atoms with van der Waals surface area (Å²) in [7, 11) is 0. The summed E-state index contributed by atoms with van der Waals surface area (Å²) >= 11 is 0. The van der Waals surface area contributed by atoms with Gasteiger partial charge in [-0.3, -0.25) is 0 Å². The topological polar surface area (TPSA) is 0 Å². The smallest absolute Gasteiger partial charge is 0.0233 e. The predicted octanol–water partition coefficient (Wildman–Crippen LogP) is 4.08. The van der Waals surface area contributed by atoms with Crippen LogP contribution < -0.4 is 0 Å². The molecule has 0 bridgehead atoms. The Kier molecular flexibility index (Phi) is 3.94. The monoisotopic (exact) mass is 187 g/mol. The highest BCUT2D eigenvalue weighted by molar-refractivity contribution is 5.45. The lowest BCUT2D eigenvalue weighted by Crippen LogP contribution is -1.98. The zero-order chi connectivity index (χ0) is 10.6. The number of hydrogen-bond donors (Lipinski definition) is 0. The molecular formula is C14H19. The highest BCUT2D eigenvalue weighted by atomic mass is 14.1. The first-order valence-corrected chi connectivity index (χ1v) is 5.25. The van der Waals surface area contributed by atoms with E-state index in [4.69, 9.17) is 0 Å². The van der Waals surface area contributed by atoms with Gasteiger partial charge >= 0.3 is 0 Å². The van der Waals surface area contributed by atoms with E-state index in [0.717, 1.165) is 0 Å². The zero-order valence-electron chi connectivity index (χ0n) is 9.43. The van der Waals surface area contributed by atoms with Crippen molar-refractivity contribution >= 4 is 0 Å². The van der Waals surface area contributed by atoms with Crippen molar-refractivity contribution in [1.82, 2.24) is 0 Å². The van der Waals surface area contributed by atoms with Crippen LogP contribution in [0.5, 0.6) is 0 Å². The minimum atomic E-state index is 1.17. The van der Waals surface area contributed by atoms with Crippen molar-refractivity contribution < 1.29 is 0 Å². The van der Waals surface area contributed by atoms with Gasteiger partial charge in [0.25, 0.3) is 0 Å². The van der Waals surface area contributed by atoms with Crippen LogP contribution in [0.2, 0.25) is 0 Å². The van der Waals surface area contributed by atoms with Crippen LogP contribution in [0.3, 0.4) is 0 Å². The molecule has 0 aliphatic rings. The van der Waals surface area contributed by atoms with Gasteiger partial charge in [-0.1, -0.05) is 44.5 Å². The van der Waals surface area contributed by atoms with Crippen molar-refractivity contribution in [2.24, 2.45) is 0 Å². The highest BCUT2D eigenvalue weighted by Crippen LogP contribution is 2.22. The van der Waals surface area contributed by atoms with Crippen LogP contribution in [0.1, 0.15) is 37.0 Å². The lowest BCUT2D eigenvalue weighted by molar-refractivity contribution is 0.909. The van der Waals surface area contributed by atoms with E-state index in [1.807, 2.05) is 6.08 Å². The largest absolute Gasteiger partial charge is 0.102 e. The molecule has 0 aromatic heterocycles. The Hall–Kier alpha value is -1.04. The van der Waals surface area contributed by atoms with Gasteiger partial charge in [-0.05, 0) is 30.0 Å². The Bertz CT molecular complexity index is 310. The number of benzene rings is 1. The molecule has 0 N–H and O–H groups in total. The number of aryl methyl sites for hydroxylation is 1. The molecule has 0 aliphatic carbocycles. The second-order valence-electron chi connectivity index (χ2n) is 3.73. The highest BCUT2D eigenvalue weighted by Gasteiger charge is 2.07. The molecule has 0 saturated carbocycles. The summed E-state index contributed by atoms with van der Waals surface area (Å²) < 4.78 is 0. The summed E-state index contributed by atoms with van der Waals surface area (Å²) in [5.41, 5.74) is 4.21. The van der Waals surface area contributed by atoms with Crippen LogP contribution in [0.4, 0.5) is 0 Å². The molecule has 1 rings (SSSR count). The maximum absolute atomic E-state index is 3.82. The average molecular weight is 187 g/mol. The van der Waals surface area contributed by atoms with Gasteiger partial charge < -0.3 is 0 Å². The summed E-state index contributed by atoms with van der Waals surface area (Å²) in [5, 5.41) is 0. The predicted molar refractivity (Wildman–Crippen MR) is 63.4 cm³/mol. The van der Waals surface area contributed by atoms with E-state index in [1.165, 1.54) is 35.4 Å². The number of allylic oxidation sites excluding steroid dienone is 1. The minimum Gasteiger partial charge on any atom is -0.102 e. The van der Waals surface area contributed by atoms with E-state index in [2.05, 4.69) is 45.5 Å². The molecule has 0 spiro atoms. The SMILES string of the molecule is C=C[C](C)c1cccc(CCC)c1C. The van der Waals surface area contributed by atoms with E-state index >= 15 is 0 Å². The lowest BCUT2D eigenvalue weighted by atomic mass is 9.92. The van der Waals surface area contributed by atoms with Gasteiger partial charge in [0.15, 0.2) is 0 Å². The van der Waals surface area contributed by atoms with Crippen LogP contribution in [0.25, 0.3) is 0 Å². The number of rotatable bonds is 4. The molecule has 0 aliphatic heterocycles. The van der Waals surface area contributed by atoms with Gasteiger partial charge in [0.05, 0.1) is 0 Å². The molecule has 75 valence electrons. The summed E-state index contributed by atoms with van der Waals surface area (Å²) in [6, 6.07) is 6.53. The first-order chi connectivity index (χ1) is 6.70. The van der Waals surface area contributed by atoms with Crippen molar-refractivity contribution in [3.8, 4) is 0 Å². The van der Waals surface area contributed by atoms with Crippen LogP contribution in [0.15, 0.2) is 30.9 Å². The van der Waals surface area contributed by atoms with E-state index in [1.54, 1.807) is 0 Å². The van der Waals surface area contributed by atoms with Crippen LogP contribution in [-0.2, 0) is 6.42 Å². The molecule has 0 heteroatoms. The van der Waals surface area contributed by atoms with Crippen LogP contribution in [0, 0.1) is 12.8 Å². The molecule has 0 saturated heterocycles. The van der Waals surface area contributed by atoms with Crippen molar-refractivity contribution in [3.63, 3.8) is 0 Å². The Morgan fingerprint density at radius 3 is 2.71 bits per heavy atom. The Morgan fingerprint density at radius 1 is 1.43 bits per heavy atom. The van der Waals surface area contributed by atoms with Crippen LogP contribution >= 0.6 is 0 Å². The van der Waals surface area contributed by atoms with Gasteiger partial charge in [0.1, 0.15) is 0 Å². The fourth-order valence-corrected chi connectivity index (χ4v) is 1.76. The first-order valence-electron chi connectivity index (χ1n) is 5.25. The zero-order valence-corrected chi connectivity index (χ0v) is 9.43. The fraction of sp³-hybridized carbons (Fsp3) is 0.357. The second-order valence-corrected chi connectivity index (χ2v) is 3.73. The quantitative estimate of drug-likeness (QED) is 0.666. The maximum Gasteiger partial charge on any atom is 0.0233 e. The van der Waals surface area contributed by atoms with Crippen molar-refractivity contribution in [2.45, 2.75) is 33.6 Å². The van der Waals surface area contributed by atoms with Gasteiger partial charge in [-0.2, -0.15) is 0 Å². The molecule has 0 nitrogen and oxygen atoms in total. The normalized spacial score (nSPS) is 10.6. The van der Waals surface area contributed by atoms with Crippen molar-refractivity contribution in [3.05, 3.63) is 53.5 Å². The van der Waals surface area contributed by atoms with E-state index in [9.17, 15) is 0 Å². The third-order valence-corrected chi connectivity index (χ3v) is 2.70. The summed E-state index contributed by atoms with van der Waals surface area (Å²) in [5.74, 6) is 1.26. The molecule has 1 aromatic carbocycles. The molecule has 0 unspecified atom stereocenters. The summed E-state index contributed by atoms with van der Waals surface area (Å²) in [6.45, 7) is 10.4. The standard InChI is InChI=1S/C14H19/c1-5-8-13-9-7-10-14(12(13)4)11(3)6-2/h6-7,9-10H,2,5,8H2,1,3-4H3. The summed E-state index contributed by atoms with van der Waals surface area (Å²) in [6.07, 6.45) is 4.31. The molecule has 1 aromatic rings. The fourth-order valence-electron chi connectivity index (χ4n) is 1.76. The average Bonchev–Trinajstić information content (AvgIpc) is 2.20. The Labute approximate surface area is 87.7 Å². The Morgan fingerprint density at radius 2 is 2.14 bits per heavy atom. The molecular weight excluding hydrogens is 168 g/mol. The first kappa shape index (κ1) is 11.0. The molecule has 0 heterocycles. The molecule has 14 heavy (non-hydrogen) atoms. The van der Waals surface area contributed by atoms with E-state index in [-0.39, 0.29) is 0 Å². The maximum atomic E-state index is 3.82. The van der Waals surface area contributed by atoms with E-state index < -0.39 is 0 Å². The van der Waals surface area contributed by atoms with Crippen molar-refractivity contribution in [1.29, 1.82) is 0 Å². The summed E-state index contributed by atoms with van der Waals surface area (Å²) in [4.78, 5) is 0. The van der Waals surface area contributed by atoms with E-state index in [0.29, 0.717) is 0 Å². The Balaban J connectivity index is 3.06. The number of hydrogen-bond acceptors (Lipinski definition) is 0. The molecule has 1 radical (unpaired) electrons. The minimum absolute atomic E-state index is 1.17. The van der Waals surface area contributed by atoms with Crippen molar-refractivity contribution in [2.75, 3.05) is 0 Å². The van der Waals surface area contributed by atoms with Gasteiger partial charge in [-0.15, -0.1) is 6.58 Å². The van der Waals surface area contributed by atoms with Gasteiger partial charge in [0.2, 0.25) is 0 Å². The third-order valence-electron chi connectivity index (χ3n) is 2.70. The van der Waals surface area contributed by atoms with Crippen LogP contribution in [-0.4, -0.2) is 0 Å². The molecule has 0 atom stereocenters. The molecule has 0 fully saturated rings. The van der Waals surface area contributed by atoms with Gasteiger partial charge in [0, 0.05) is 5.92 Å².